The zero-order chi connectivity index (χ0) is 12.1. The molecular formula is C12H23N5. The Morgan fingerprint density at radius 3 is 2.76 bits per heavy atom. The van der Waals surface area contributed by atoms with Crippen LogP contribution in [0.25, 0.3) is 0 Å². The Balaban J connectivity index is 1.63. The minimum atomic E-state index is 0.682. The Hall–Kier alpha value is -0.940. The Bertz CT molecular complexity index is 327. The number of hydrogen-bond donors (Lipinski definition) is 1. The van der Waals surface area contributed by atoms with Crippen molar-refractivity contribution in [3.8, 4) is 0 Å². The van der Waals surface area contributed by atoms with Gasteiger partial charge in [-0.25, -0.2) is 4.98 Å². The first-order valence-corrected chi connectivity index (χ1v) is 6.58. The second-order valence-electron chi connectivity index (χ2n) is 4.75. The summed E-state index contributed by atoms with van der Waals surface area (Å²) < 4.78 is 1.76. The zero-order valence-corrected chi connectivity index (χ0v) is 10.9. The Morgan fingerprint density at radius 1 is 1.41 bits per heavy atom. The highest BCUT2D eigenvalue weighted by atomic mass is 15.3. The Kier molecular flexibility index (Phi) is 4.50. The highest BCUT2D eigenvalue weighted by Crippen LogP contribution is 2.09. The van der Waals surface area contributed by atoms with Crippen LogP contribution in [-0.2, 0) is 13.5 Å². The van der Waals surface area contributed by atoms with Crippen LogP contribution in [0.5, 0.6) is 0 Å². The lowest BCUT2D eigenvalue weighted by molar-refractivity contribution is 0.207. The van der Waals surface area contributed by atoms with Gasteiger partial charge in [0.05, 0.1) is 0 Å². The molecule has 0 aromatic carbocycles. The monoisotopic (exact) mass is 237 g/mol. The van der Waals surface area contributed by atoms with Gasteiger partial charge in [-0.3, -0.25) is 4.68 Å². The predicted octanol–water partition coefficient (Wildman–Crippen LogP) is 0.431. The van der Waals surface area contributed by atoms with Gasteiger partial charge in [0, 0.05) is 26.1 Å². The van der Waals surface area contributed by atoms with Crippen molar-refractivity contribution < 1.29 is 0 Å². The van der Waals surface area contributed by atoms with Gasteiger partial charge in [0.2, 0.25) is 0 Å². The van der Waals surface area contributed by atoms with Crippen molar-refractivity contribution in [3.05, 3.63) is 12.2 Å². The molecule has 1 fully saturated rings. The molecule has 96 valence electrons. The van der Waals surface area contributed by atoms with Gasteiger partial charge in [-0.15, -0.1) is 0 Å². The van der Waals surface area contributed by atoms with Gasteiger partial charge in [-0.1, -0.05) is 6.92 Å². The van der Waals surface area contributed by atoms with Gasteiger partial charge in [-0.05, 0) is 32.5 Å². The number of rotatable bonds is 5. The maximum absolute atomic E-state index is 4.28. The number of aryl methyl sites for hydroxylation is 1. The molecule has 0 radical (unpaired) electrons. The summed E-state index contributed by atoms with van der Waals surface area (Å²) in [7, 11) is 1.91. The van der Waals surface area contributed by atoms with Crippen molar-refractivity contribution in [3.63, 3.8) is 0 Å². The normalized spacial score (nSPS) is 18.7. The average Bonchev–Trinajstić information content (AvgIpc) is 2.76. The number of aromatic nitrogens is 3. The molecule has 1 N–H and O–H groups in total. The first-order valence-electron chi connectivity index (χ1n) is 6.58. The Morgan fingerprint density at radius 2 is 2.18 bits per heavy atom. The summed E-state index contributed by atoms with van der Waals surface area (Å²) in [4.78, 5) is 6.74. The number of nitrogens with one attached hydrogen (secondary N) is 1. The molecule has 2 rings (SSSR count). The van der Waals surface area contributed by atoms with Gasteiger partial charge in [-0.2, -0.15) is 5.10 Å². The molecule has 1 aliphatic heterocycles. The molecule has 1 aromatic heterocycles. The van der Waals surface area contributed by atoms with Crippen molar-refractivity contribution in [1.82, 2.24) is 25.0 Å². The first kappa shape index (κ1) is 12.5. The molecule has 5 heteroatoms. The second-order valence-corrected chi connectivity index (χ2v) is 4.75. The van der Waals surface area contributed by atoms with Crippen LogP contribution in [0.3, 0.4) is 0 Å². The van der Waals surface area contributed by atoms with E-state index in [1.165, 1.54) is 32.5 Å². The van der Waals surface area contributed by atoms with E-state index in [9.17, 15) is 0 Å². The number of hydrogen-bond acceptors (Lipinski definition) is 4. The highest BCUT2D eigenvalue weighted by molar-refractivity contribution is 4.84. The van der Waals surface area contributed by atoms with Crippen LogP contribution in [0, 0.1) is 0 Å². The fraction of sp³-hybridized carbons (Fsp3) is 0.833. The summed E-state index contributed by atoms with van der Waals surface area (Å²) in [5.41, 5.74) is 0. The van der Waals surface area contributed by atoms with Crippen LogP contribution < -0.4 is 5.32 Å². The van der Waals surface area contributed by atoms with Crippen LogP contribution in [0.15, 0.2) is 6.33 Å². The summed E-state index contributed by atoms with van der Waals surface area (Å²) >= 11 is 0. The van der Waals surface area contributed by atoms with Crippen LogP contribution in [0.2, 0.25) is 0 Å². The minimum Gasteiger partial charge on any atom is -0.313 e. The van der Waals surface area contributed by atoms with Crippen LogP contribution in [-0.4, -0.2) is 51.9 Å². The second kappa shape index (κ2) is 6.12. The standard InChI is InChI=1S/C12H23N5/c1-3-17-8-5-11(6-9-17)13-7-4-12-14-10-16(2)15-12/h10-11,13H,3-9H2,1-2H3. The Labute approximate surface area is 103 Å². The lowest BCUT2D eigenvalue weighted by Gasteiger charge is -2.31. The average molecular weight is 237 g/mol. The molecule has 2 heterocycles. The largest absolute Gasteiger partial charge is 0.313 e. The summed E-state index contributed by atoms with van der Waals surface area (Å²) in [6, 6.07) is 0.682. The van der Waals surface area contributed by atoms with Crippen molar-refractivity contribution in [2.45, 2.75) is 32.2 Å². The molecule has 1 saturated heterocycles. The SMILES string of the molecule is CCN1CCC(NCCc2ncn(C)n2)CC1. The van der Waals surface area contributed by atoms with Gasteiger partial charge in [0.1, 0.15) is 6.33 Å². The van der Waals surface area contributed by atoms with E-state index in [-0.39, 0.29) is 0 Å². The minimum absolute atomic E-state index is 0.682. The van der Waals surface area contributed by atoms with Crippen LogP contribution in [0.4, 0.5) is 0 Å². The van der Waals surface area contributed by atoms with Crippen molar-refractivity contribution in [2.75, 3.05) is 26.2 Å². The summed E-state index contributed by atoms with van der Waals surface area (Å²) in [6.45, 7) is 6.87. The van der Waals surface area contributed by atoms with Gasteiger partial charge >= 0.3 is 0 Å². The molecule has 0 atom stereocenters. The quantitative estimate of drug-likeness (QED) is 0.807. The maximum atomic E-state index is 4.28. The molecular weight excluding hydrogens is 214 g/mol. The highest BCUT2D eigenvalue weighted by Gasteiger charge is 2.17. The van der Waals surface area contributed by atoms with E-state index < -0.39 is 0 Å². The topological polar surface area (TPSA) is 46.0 Å². The summed E-state index contributed by atoms with van der Waals surface area (Å²) in [5, 5.41) is 7.88. The molecule has 0 saturated carbocycles. The molecule has 0 aliphatic carbocycles. The molecule has 5 nitrogen and oxygen atoms in total. The van der Waals surface area contributed by atoms with Crippen LogP contribution in [0.1, 0.15) is 25.6 Å². The molecule has 0 amide bonds. The van der Waals surface area contributed by atoms with E-state index in [2.05, 4.69) is 27.2 Å². The maximum Gasteiger partial charge on any atom is 0.151 e. The third-order valence-electron chi connectivity index (χ3n) is 3.46. The van der Waals surface area contributed by atoms with E-state index >= 15 is 0 Å². The molecule has 1 aliphatic rings. The fourth-order valence-corrected chi connectivity index (χ4v) is 2.34. The van der Waals surface area contributed by atoms with E-state index in [4.69, 9.17) is 0 Å². The first-order chi connectivity index (χ1) is 8.28. The van der Waals surface area contributed by atoms with E-state index in [1.807, 2.05) is 7.05 Å². The smallest absolute Gasteiger partial charge is 0.151 e. The van der Waals surface area contributed by atoms with E-state index in [0.29, 0.717) is 6.04 Å². The zero-order valence-electron chi connectivity index (χ0n) is 10.9. The predicted molar refractivity (Wildman–Crippen MR) is 67.8 cm³/mol. The molecule has 17 heavy (non-hydrogen) atoms. The summed E-state index contributed by atoms with van der Waals surface area (Å²) in [6.07, 6.45) is 5.22. The number of nitrogens with zero attached hydrogens (tertiary/aromatic N) is 4. The van der Waals surface area contributed by atoms with Gasteiger partial charge in [0.15, 0.2) is 5.82 Å². The van der Waals surface area contributed by atoms with Crippen LogP contribution >= 0.6 is 0 Å². The van der Waals surface area contributed by atoms with E-state index in [0.717, 1.165) is 18.8 Å². The van der Waals surface area contributed by atoms with Crippen molar-refractivity contribution >= 4 is 0 Å². The lowest BCUT2D eigenvalue weighted by Crippen LogP contribution is -2.42. The molecule has 0 bridgehead atoms. The molecule has 1 aromatic rings. The van der Waals surface area contributed by atoms with Gasteiger partial charge in [0.25, 0.3) is 0 Å². The van der Waals surface area contributed by atoms with Gasteiger partial charge < -0.3 is 10.2 Å². The van der Waals surface area contributed by atoms with Crippen molar-refractivity contribution in [2.24, 2.45) is 7.05 Å². The number of likely N-dealkylation sites (tertiary alicyclic amines) is 1. The fourth-order valence-electron chi connectivity index (χ4n) is 2.34. The number of piperidine rings is 1. The van der Waals surface area contributed by atoms with Crippen molar-refractivity contribution in [1.29, 1.82) is 0 Å². The molecule has 0 spiro atoms. The summed E-state index contributed by atoms with van der Waals surface area (Å²) in [5.74, 6) is 0.936. The third kappa shape index (κ3) is 3.78. The molecule has 0 unspecified atom stereocenters. The van der Waals surface area contributed by atoms with E-state index in [1.54, 1.807) is 11.0 Å². The lowest BCUT2D eigenvalue weighted by atomic mass is 10.1. The third-order valence-corrected chi connectivity index (χ3v) is 3.46.